The maximum atomic E-state index is 12.1. The highest BCUT2D eigenvalue weighted by Crippen LogP contribution is 2.29. The minimum atomic E-state index is -0.709. The van der Waals surface area contributed by atoms with Gasteiger partial charge in [0.15, 0.2) is 10.9 Å². The second-order valence-corrected chi connectivity index (χ2v) is 8.22. The van der Waals surface area contributed by atoms with Crippen molar-refractivity contribution in [1.82, 2.24) is 4.98 Å². The lowest BCUT2D eigenvalue weighted by Crippen LogP contribution is -2.33. The molecule has 1 aliphatic carbocycles. The van der Waals surface area contributed by atoms with Gasteiger partial charge in [0, 0.05) is 5.92 Å². The molecule has 0 fully saturated rings. The fraction of sp³-hybridized carbons (Fsp3) is 0.190. The van der Waals surface area contributed by atoms with Crippen LogP contribution in [0.25, 0.3) is 10.2 Å². The van der Waals surface area contributed by atoms with E-state index in [4.69, 9.17) is 9.47 Å². The Morgan fingerprint density at radius 1 is 1.25 bits per heavy atom. The Hall–Kier alpha value is -2.82. The summed E-state index contributed by atoms with van der Waals surface area (Å²) in [6.45, 7) is -0.0757. The molecule has 7 heteroatoms. The van der Waals surface area contributed by atoms with Crippen LogP contribution < -0.4 is 0 Å². The molecule has 0 bridgehead atoms. The zero-order valence-electron chi connectivity index (χ0n) is 14.7. The third-order valence-corrected chi connectivity index (χ3v) is 6.17. The summed E-state index contributed by atoms with van der Waals surface area (Å²) in [5, 5.41) is 0. The number of carbonyl (C=O) groups is 2. The number of thioether (sulfide) groups is 1. The Balaban J connectivity index is 1.26. The second-order valence-electron chi connectivity index (χ2n) is 5.96. The number of nitrogens with zero attached hydrogens (tertiary/aromatic N) is 1. The van der Waals surface area contributed by atoms with Crippen molar-refractivity contribution in [2.45, 2.75) is 10.4 Å². The summed E-state index contributed by atoms with van der Waals surface area (Å²) in [5.74, 6) is 4.77. The predicted octanol–water partition coefficient (Wildman–Crippen LogP) is 3.53. The molecule has 0 saturated heterocycles. The van der Waals surface area contributed by atoms with Gasteiger partial charge >= 0.3 is 11.9 Å². The normalized spacial score (nSPS) is 20.0. The first-order valence-corrected chi connectivity index (χ1v) is 10.4. The van der Waals surface area contributed by atoms with E-state index < -0.39 is 11.9 Å². The van der Waals surface area contributed by atoms with E-state index in [0.717, 1.165) is 14.6 Å². The van der Waals surface area contributed by atoms with Gasteiger partial charge in [0.1, 0.15) is 11.7 Å². The number of aromatic nitrogens is 1. The van der Waals surface area contributed by atoms with Gasteiger partial charge in [-0.05, 0) is 18.2 Å². The van der Waals surface area contributed by atoms with Crippen molar-refractivity contribution in [3.8, 4) is 11.8 Å². The van der Waals surface area contributed by atoms with Gasteiger partial charge < -0.3 is 9.47 Å². The highest BCUT2D eigenvalue weighted by Gasteiger charge is 2.33. The third-order valence-electron chi connectivity index (χ3n) is 4.11. The molecular formula is C21H15NO4S2. The van der Waals surface area contributed by atoms with E-state index in [-0.39, 0.29) is 24.2 Å². The average Bonchev–Trinajstić information content (AvgIpc) is 3.12. The number of thiazole rings is 1. The van der Waals surface area contributed by atoms with E-state index in [1.54, 1.807) is 23.5 Å². The quantitative estimate of drug-likeness (QED) is 0.333. The zero-order valence-corrected chi connectivity index (χ0v) is 16.3. The smallest absolute Gasteiger partial charge is 0.346 e. The van der Waals surface area contributed by atoms with Crippen LogP contribution >= 0.6 is 23.1 Å². The molecule has 2 aliphatic rings. The monoisotopic (exact) mass is 409 g/mol. The maximum absolute atomic E-state index is 12.1. The fourth-order valence-electron chi connectivity index (χ4n) is 2.76. The van der Waals surface area contributed by atoms with Crippen molar-refractivity contribution in [2.75, 3.05) is 12.4 Å². The topological polar surface area (TPSA) is 65.5 Å². The van der Waals surface area contributed by atoms with Gasteiger partial charge in [0.25, 0.3) is 0 Å². The summed E-state index contributed by atoms with van der Waals surface area (Å²) in [6.07, 6.45) is 8.57. The van der Waals surface area contributed by atoms with Crippen molar-refractivity contribution in [1.29, 1.82) is 0 Å². The molecule has 1 aromatic heterocycles. The van der Waals surface area contributed by atoms with Crippen LogP contribution in [0.4, 0.5) is 0 Å². The van der Waals surface area contributed by atoms with E-state index in [0.29, 0.717) is 5.75 Å². The van der Waals surface area contributed by atoms with Gasteiger partial charge in [-0.2, -0.15) is 0 Å². The van der Waals surface area contributed by atoms with E-state index in [2.05, 4.69) is 16.8 Å². The van der Waals surface area contributed by atoms with Gasteiger partial charge in [0.2, 0.25) is 0 Å². The third kappa shape index (κ3) is 4.19. The molecular weight excluding hydrogens is 394 g/mol. The van der Waals surface area contributed by atoms with Crippen LogP contribution in [0.15, 0.2) is 64.6 Å². The Bertz CT molecular complexity index is 1040. The van der Waals surface area contributed by atoms with E-state index >= 15 is 0 Å². The molecule has 0 amide bonds. The number of carbonyl (C=O) groups excluding carboxylic acids is 2. The summed E-state index contributed by atoms with van der Waals surface area (Å²) in [5.41, 5.74) is 0.905. The standard InChI is InChI=1S/C21H15NO4S2/c23-19(15-13-14-7-1-3-9-17(14)26-20(15)24)25-11-5-6-12-27-21-22-16-8-2-4-10-18(16)28-21/h1-4,7-10,13-14,17H,11-12H2. The minimum Gasteiger partial charge on any atom is -0.453 e. The first-order valence-electron chi connectivity index (χ1n) is 8.60. The number of para-hydroxylation sites is 1. The molecule has 2 aromatic rings. The number of ether oxygens (including phenoxy) is 2. The van der Waals surface area contributed by atoms with Crippen LogP contribution in [0.3, 0.4) is 0 Å². The van der Waals surface area contributed by atoms with E-state index in [9.17, 15) is 9.59 Å². The van der Waals surface area contributed by atoms with Crippen LogP contribution in [0.1, 0.15) is 0 Å². The van der Waals surface area contributed by atoms with Gasteiger partial charge in [0.05, 0.1) is 16.0 Å². The summed E-state index contributed by atoms with van der Waals surface area (Å²) >= 11 is 3.16. The number of allylic oxidation sites excluding steroid dienone is 2. The summed E-state index contributed by atoms with van der Waals surface area (Å²) in [6, 6.07) is 7.97. The molecule has 2 heterocycles. The van der Waals surface area contributed by atoms with Crippen LogP contribution in [-0.2, 0) is 19.1 Å². The summed E-state index contributed by atoms with van der Waals surface area (Å²) in [7, 11) is 0. The number of hydrogen-bond acceptors (Lipinski definition) is 7. The lowest BCUT2D eigenvalue weighted by molar-refractivity contribution is -0.150. The summed E-state index contributed by atoms with van der Waals surface area (Å²) in [4.78, 5) is 28.6. The Morgan fingerprint density at radius 3 is 3.00 bits per heavy atom. The van der Waals surface area contributed by atoms with E-state index in [1.807, 2.05) is 42.5 Å². The van der Waals surface area contributed by atoms with Crippen LogP contribution in [0, 0.1) is 17.8 Å². The number of hydrogen-bond donors (Lipinski definition) is 0. The van der Waals surface area contributed by atoms with Crippen molar-refractivity contribution in [3.05, 3.63) is 60.2 Å². The molecule has 28 heavy (non-hydrogen) atoms. The van der Waals surface area contributed by atoms with Gasteiger partial charge in [-0.3, -0.25) is 0 Å². The van der Waals surface area contributed by atoms with Crippen LogP contribution in [0.2, 0.25) is 0 Å². The lowest BCUT2D eigenvalue weighted by Gasteiger charge is -2.26. The Morgan fingerprint density at radius 2 is 2.11 bits per heavy atom. The highest BCUT2D eigenvalue weighted by atomic mass is 32.2. The summed E-state index contributed by atoms with van der Waals surface area (Å²) < 4.78 is 12.4. The molecule has 1 aromatic carbocycles. The molecule has 5 nitrogen and oxygen atoms in total. The van der Waals surface area contributed by atoms with Gasteiger partial charge in [-0.15, -0.1) is 11.3 Å². The molecule has 0 radical (unpaired) electrons. The Kier molecular flexibility index (Phi) is 5.60. The van der Waals surface area contributed by atoms with Crippen LogP contribution in [-0.4, -0.2) is 35.4 Å². The van der Waals surface area contributed by atoms with Crippen molar-refractivity contribution < 1.29 is 19.1 Å². The zero-order chi connectivity index (χ0) is 19.3. The fourth-order valence-corrected chi connectivity index (χ4v) is 4.60. The number of fused-ring (bicyclic) bond motifs is 2. The molecule has 140 valence electrons. The second kappa shape index (κ2) is 8.46. The highest BCUT2D eigenvalue weighted by molar-refractivity contribution is 8.01. The molecule has 4 rings (SSSR count). The molecule has 0 N–H and O–H groups in total. The van der Waals surface area contributed by atoms with E-state index in [1.165, 1.54) is 11.8 Å². The van der Waals surface area contributed by atoms with Crippen molar-refractivity contribution in [2.24, 2.45) is 5.92 Å². The Labute approximate surface area is 170 Å². The maximum Gasteiger partial charge on any atom is 0.346 e. The minimum absolute atomic E-state index is 0.0757. The molecule has 1 aliphatic heterocycles. The van der Waals surface area contributed by atoms with Crippen molar-refractivity contribution in [3.63, 3.8) is 0 Å². The SMILES string of the molecule is O=C(OCC#CCSc1nc2ccccc2s1)C1=CC2C=CC=CC2OC1=O. The lowest BCUT2D eigenvalue weighted by atomic mass is 9.93. The van der Waals surface area contributed by atoms with Gasteiger partial charge in [-0.25, -0.2) is 14.6 Å². The average molecular weight is 409 g/mol. The molecule has 2 unspecified atom stereocenters. The van der Waals surface area contributed by atoms with Crippen molar-refractivity contribution >= 4 is 45.3 Å². The van der Waals surface area contributed by atoms with Gasteiger partial charge in [-0.1, -0.05) is 60.0 Å². The molecule has 0 spiro atoms. The van der Waals surface area contributed by atoms with Crippen LogP contribution in [0.5, 0.6) is 0 Å². The number of benzene rings is 1. The largest absolute Gasteiger partial charge is 0.453 e. The first kappa shape index (κ1) is 18.5. The number of rotatable bonds is 4. The molecule has 2 atom stereocenters. The molecule has 0 saturated carbocycles. The number of esters is 2. The predicted molar refractivity (Wildman–Crippen MR) is 109 cm³/mol. The first-order chi connectivity index (χ1) is 13.7.